The van der Waals surface area contributed by atoms with Gasteiger partial charge in [0.05, 0.1) is 9.75 Å². The quantitative estimate of drug-likeness (QED) is 0.728. The maximum Gasteiger partial charge on any atom is 0.263 e. The summed E-state index contributed by atoms with van der Waals surface area (Å²) in [6.07, 6.45) is 3.19. The number of likely N-dealkylation sites (tertiary alicyclic amines) is 1. The number of Topliss-reactive ketones (excluding diaryl/α,β-unsaturated/α-hetero) is 1. The zero-order valence-electron chi connectivity index (χ0n) is 15.5. The summed E-state index contributed by atoms with van der Waals surface area (Å²) < 4.78 is 0. The predicted octanol–water partition coefficient (Wildman–Crippen LogP) is 3.73. The molecule has 0 aliphatic carbocycles. The van der Waals surface area contributed by atoms with Crippen molar-refractivity contribution in [1.82, 2.24) is 9.80 Å². The number of thiophene rings is 1. The molecule has 0 bridgehead atoms. The Kier molecular flexibility index (Phi) is 6.22. The third-order valence-electron chi connectivity index (χ3n) is 5.07. The number of hydrogen-bond acceptors (Lipinski definition) is 4. The van der Waals surface area contributed by atoms with Crippen LogP contribution in [0.4, 0.5) is 0 Å². The van der Waals surface area contributed by atoms with Gasteiger partial charge in [-0.1, -0.05) is 30.3 Å². The molecule has 2 aromatic rings. The topological polar surface area (TPSA) is 40.6 Å². The van der Waals surface area contributed by atoms with Crippen LogP contribution >= 0.6 is 11.3 Å². The SMILES string of the molecule is CC(=O)c1ccc(C(=O)N(C)[C@H]2CCCN(CCc3ccccc3)C2)s1. The minimum absolute atomic E-state index is 0.0152. The first kappa shape index (κ1) is 18.8. The van der Waals surface area contributed by atoms with E-state index in [-0.39, 0.29) is 17.7 Å². The first-order chi connectivity index (χ1) is 12.5. The van der Waals surface area contributed by atoms with Gasteiger partial charge in [-0.25, -0.2) is 0 Å². The molecule has 0 unspecified atom stereocenters. The predicted molar refractivity (Wildman–Crippen MR) is 106 cm³/mol. The summed E-state index contributed by atoms with van der Waals surface area (Å²) in [5.41, 5.74) is 1.36. The maximum atomic E-state index is 12.8. The summed E-state index contributed by atoms with van der Waals surface area (Å²) in [7, 11) is 1.89. The Hall–Kier alpha value is -1.98. The van der Waals surface area contributed by atoms with Gasteiger partial charge in [0.25, 0.3) is 5.91 Å². The number of piperidine rings is 1. The van der Waals surface area contributed by atoms with Gasteiger partial charge in [0.2, 0.25) is 0 Å². The monoisotopic (exact) mass is 370 g/mol. The molecule has 0 N–H and O–H groups in total. The minimum Gasteiger partial charge on any atom is -0.337 e. The third kappa shape index (κ3) is 4.59. The fourth-order valence-corrected chi connectivity index (χ4v) is 4.35. The van der Waals surface area contributed by atoms with Gasteiger partial charge in [0.15, 0.2) is 5.78 Å². The molecule has 2 heterocycles. The molecule has 3 rings (SSSR count). The molecule has 0 spiro atoms. The number of rotatable bonds is 6. The van der Waals surface area contributed by atoms with E-state index in [1.807, 2.05) is 18.0 Å². The highest BCUT2D eigenvalue weighted by atomic mass is 32.1. The van der Waals surface area contributed by atoms with Gasteiger partial charge in [0.1, 0.15) is 0 Å². The first-order valence-electron chi connectivity index (χ1n) is 9.19. The molecule has 5 heteroatoms. The summed E-state index contributed by atoms with van der Waals surface area (Å²) in [6.45, 7) is 4.57. The van der Waals surface area contributed by atoms with Crippen LogP contribution in [0.25, 0.3) is 0 Å². The van der Waals surface area contributed by atoms with Crippen molar-refractivity contribution in [1.29, 1.82) is 0 Å². The second-order valence-electron chi connectivity index (χ2n) is 6.97. The van der Waals surface area contributed by atoms with Crippen LogP contribution in [0.5, 0.6) is 0 Å². The number of benzene rings is 1. The average molecular weight is 371 g/mol. The molecular formula is C21H26N2O2S. The lowest BCUT2D eigenvalue weighted by Gasteiger charge is -2.37. The van der Waals surface area contributed by atoms with Gasteiger partial charge >= 0.3 is 0 Å². The van der Waals surface area contributed by atoms with Crippen LogP contribution in [0.1, 0.15) is 44.7 Å². The lowest BCUT2D eigenvalue weighted by molar-refractivity contribution is 0.0624. The molecule has 0 saturated carbocycles. The molecule has 1 amide bonds. The van der Waals surface area contributed by atoms with Gasteiger partial charge in [0, 0.05) is 26.2 Å². The highest BCUT2D eigenvalue weighted by molar-refractivity contribution is 7.15. The van der Waals surface area contributed by atoms with E-state index < -0.39 is 0 Å². The Labute approximate surface area is 159 Å². The Bertz CT molecular complexity index is 756. The Morgan fingerprint density at radius 3 is 2.58 bits per heavy atom. The summed E-state index contributed by atoms with van der Waals surface area (Å²) >= 11 is 1.30. The zero-order chi connectivity index (χ0) is 18.5. The van der Waals surface area contributed by atoms with Crippen LogP contribution in [-0.2, 0) is 6.42 Å². The van der Waals surface area contributed by atoms with E-state index >= 15 is 0 Å². The molecule has 1 aliphatic heterocycles. The smallest absolute Gasteiger partial charge is 0.263 e. The van der Waals surface area contributed by atoms with Gasteiger partial charge in [-0.3, -0.25) is 9.59 Å². The summed E-state index contributed by atoms with van der Waals surface area (Å²) in [5.74, 6) is 0.0406. The molecule has 1 aromatic heterocycles. The van der Waals surface area contributed by atoms with E-state index in [1.165, 1.54) is 23.8 Å². The molecule has 1 aliphatic rings. The number of carbonyl (C=O) groups is 2. The van der Waals surface area contributed by atoms with Gasteiger partial charge < -0.3 is 9.80 Å². The normalized spacial score (nSPS) is 17.8. The minimum atomic E-state index is 0.0152. The van der Waals surface area contributed by atoms with Gasteiger partial charge in [-0.2, -0.15) is 0 Å². The van der Waals surface area contributed by atoms with E-state index in [0.717, 1.165) is 38.9 Å². The van der Waals surface area contributed by atoms with Crippen molar-refractivity contribution < 1.29 is 9.59 Å². The fourth-order valence-electron chi connectivity index (χ4n) is 3.46. The lowest BCUT2D eigenvalue weighted by atomic mass is 10.0. The van der Waals surface area contributed by atoms with Crippen LogP contribution in [0.3, 0.4) is 0 Å². The summed E-state index contributed by atoms with van der Waals surface area (Å²) in [4.78, 5) is 29.9. The highest BCUT2D eigenvalue weighted by Crippen LogP contribution is 2.22. The zero-order valence-corrected chi connectivity index (χ0v) is 16.3. The Balaban J connectivity index is 1.57. The van der Waals surface area contributed by atoms with Crippen LogP contribution in [0.2, 0.25) is 0 Å². The molecular weight excluding hydrogens is 344 g/mol. The second-order valence-corrected chi connectivity index (χ2v) is 8.05. The molecule has 1 atom stereocenters. The van der Waals surface area contributed by atoms with Crippen LogP contribution in [0, 0.1) is 0 Å². The number of nitrogens with zero attached hydrogens (tertiary/aromatic N) is 2. The van der Waals surface area contributed by atoms with Crippen molar-refractivity contribution in [2.75, 3.05) is 26.7 Å². The highest BCUT2D eigenvalue weighted by Gasteiger charge is 2.27. The van der Waals surface area contributed by atoms with E-state index in [0.29, 0.717) is 9.75 Å². The van der Waals surface area contributed by atoms with Crippen LogP contribution in [-0.4, -0.2) is 54.2 Å². The molecule has 0 radical (unpaired) electrons. The number of likely N-dealkylation sites (N-methyl/N-ethyl adjacent to an activating group) is 1. The van der Waals surface area contributed by atoms with E-state index in [2.05, 4.69) is 29.2 Å². The Morgan fingerprint density at radius 1 is 1.15 bits per heavy atom. The lowest BCUT2D eigenvalue weighted by Crippen LogP contribution is -2.48. The summed E-state index contributed by atoms with van der Waals surface area (Å²) in [5, 5.41) is 0. The molecule has 138 valence electrons. The number of hydrogen-bond donors (Lipinski definition) is 0. The second kappa shape index (κ2) is 8.60. The van der Waals surface area contributed by atoms with Crippen LogP contribution < -0.4 is 0 Å². The van der Waals surface area contributed by atoms with Crippen molar-refractivity contribution in [3.05, 3.63) is 57.8 Å². The number of ketones is 1. The standard InChI is InChI=1S/C21H26N2O2S/c1-16(24)19-10-11-20(26-19)21(25)22(2)18-9-6-13-23(15-18)14-12-17-7-4-3-5-8-17/h3-5,7-8,10-11,18H,6,9,12-15H2,1-2H3/t18-/m0/s1. The molecule has 4 nitrogen and oxygen atoms in total. The maximum absolute atomic E-state index is 12.8. The third-order valence-corrected chi connectivity index (χ3v) is 6.25. The molecule has 1 fully saturated rings. The number of carbonyl (C=O) groups excluding carboxylic acids is 2. The molecule has 26 heavy (non-hydrogen) atoms. The molecule has 1 saturated heterocycles. The number of amides is 1. The van der Waals surface area contributed by atoms with E-state index in [1.54, 1.807) is 12.1 Å². The average Bonchev–Trinajstić information content (AvgIpc) is 3.17. The van der Waals surface area contributed by atoms with Gasteiger partial charge in [-0.05, 0) is 50.4 Å². The van der Waals surface area contributed by atoms with Crippen molar-refractivity contribution >= 4 is 23.0 Å². The summed E-state index contributed by atoms with van der Waals surface area (Å²) in [6, 6.07) is 14.3. The van der Waals surface area contributed by atoms with Crippen molar-refractivity contribution in [2.24, 2.45) is 0 Å². The fraction of sp³-hybridized carbons (Fsp3) is 0.429. The van der Waals surface area contributed by atoms with E-state index in [4.69, 9.17) is 0 Å². The largest absolute Gasteiger partial charge is 0.337 e. The first-order valence-corrected chi connectivity index (χ1v) is 10.0. The van der Waals surface area contributed by atoms with Gasteiger partial charge in [-0.15, -0.1) is 11.3 Å². The van der Waals surface area contributed by atoms with Crippen LogP contribution in [0.15, 0.2) is 42.5 Å². The molecule has 1 aromatic carbocycles. The Morgan fingerprint density at radius 2 is 1.88 bits per heavy atom. The van der Waals surface area contributed by atoms with E-state index in [9.17, 15) is 9.59 Å². The van der Waals surface area contributed by atoms with Crippen molar-refractivity contribution in [2.45, 2.75) is 32.2 Å². The van der Waals surface area contributed by atoms with Crippen molar-refractivity contribution in [3.63, 3.8) is 0 Å². The van der Waals surface area contributed by atoms with Crippen molar-refractivity contribution in [3.8, 4) is 0 Å².